The summed E-state index contributed by atoms with van der Waals surface area (Å²) in [4.78, 5) is 0. The molecule has 0 saturated carbocycles. The van der Waals surface area contributed by atoms with Crippen LogP contribution in [0, 0.1) is 5.82 Å². The van der Waals surface area contributed by atoms with E-state index in [9.17, 15) is 9.50 Å². The summed E-state index contributed by atoms with van der Waals surface area (Å²) in [5, 5.41) is 9.87. The molecule has 4 heteroatoms. The van der Waals surface area contributed by atoms with Crippen molar-refractivity contribution in [3.63, 3.8) is 0 Å². The molecule has 0 fully saturated rings. The van der Waals surface area contributed by atoms with Crippen molar-refractivity contribution in [3.8, 4) is 28.4 Å². The Kier molecular flexibility index (Phi) is 2.14. The first kappa shape index (κ1) is 9.96. The Bertz CT molecular complexity index is 564. The minimum atomic E-state index is -0.311. The van der Waals surface area contributed by atoms with E-state index in [-0.39, 0.29) is 18.4 Å². The molecule has 0 atom stereocenters. The summed E-state index contributed by atoms with van der Waals surface area (Å²) < 4.78 is 23.2. The lowest BCUT2D eigenvalue weighted by Crippen LogP contribution is -1.92. The van der Waals surface area contributed by atoms with Crippen molar-refractivity contribution in [2.24, 2.45) is 0 Å². The molecule has 0 spiro atoms. The zero-order valence-electron chi connectivity index (χ0n) is 8.81. The maximum atomic E-state index is 12.8. The Labute approximate surface area is 97.0 Å². The van der Waals surface area contributed by atoms with E-state index in [1.54, 1.807) is 18.2 Å². The Morgan fingerprint density at radius 1 is 1.00 bits per heavy atom. The fourth-order valence-electron chi connectivity index (χ4n) is 1.79. The monoisotopic (exact) mass is 232 g/mol. The number of rotatable bonds is 1. The number of halogens is 1. The van der Waals surface area contributed by atoms with Gasteiger partial charge in [-0.2, -0.15) is 0 Å². The van der Waals surface area contributed by atoms with Gasteiger partial charge in [-0.15, -0.1) is 0 Å². The number of hydrogen-bond acceptors (Lipinski definition) is 3. The number of aromatic hydroxyl groups is 1. The van der Waals surface area contributed by atoms with Crippen LogP contribution in [0.25, 0.3) is 11.1 Å². The van der Waals surface area contributed by atoms with Crippen LogP contribution < -0.4 is 9.47 Å². The van der Waals surface area contributed by atoms with Gasteiger partial charge in [0.1, 0.15) is 11.6 Å². The first-order valence-electron chi connectivity index (χ1n) is 5.12. The summed E-state index contributed by atoms with van der Waals surface area (Å²) in [5.74, 6) is 0.880. The van der Waals surface area contributed by atoms with Crippen LogP contribution in [-0.2, 0) is 0 Å². The minimum Gasteiger partial charge on any atom is -0.507 e. The number of benzene rings is 2. The standard InChI is InChI=1S/C13H9FO3/c14-9-3-1-8(2-4-9)10-5-12-13(6-11(10)15)17-7-16-12/h1-6,15H,7H2. The van der Waals surface area contributed by atoms with Gasteiger partial charge in [0, 0.05) is 11.6 Å². The molecule has 0 unspecified atom stereocenters. The highest BCUT2D eigenvalue weighted by Gasteiger charge is 2.17. The van der Waals surface area contributed by atoms with Crippen molar-refractivity contribution >= 4 is 0 Å². The molecule has 86 valence electrons. The van der Waals surface area contributed by atoms with Crippen LogP contribution in [0.4, 0.5) is 4.39 Å². The van der Waals surface area contributed by atoms with E-state index < -0.39 is 0 Å². The van der Waals surface area contributed by atoms with E-state index in [1.807, 2.05) is 0 Å². The van der Waals surface area contributed by atoms with E-state index in [0.29, 0.717) is 17.1 Å². The summed E-state index contributed by atoms with van der Waals surface area (Å²) >= 11 is 0. The van der Waals surface area contributed by atoms with E-state index >= 15 is 0 Å². The lowest BCUT2D eigenvalue weighted by Gasteiger charge is -2.06. The fourth-order valence-corrected chi connectivity index (χ4v) is 1.79. The molecule has 0 aliphatic carbocycles. The fraction of sp³-hybridized carbons (Fsp3) is 0.0769. The van der Waals surface area contributed by atoms with E-state index in [2.05, 4.69) is 0 Å². The molecule has 0 saturated heterocycles. The van der Waals surface area contributed by atoms with Crippen LogP contribution in [0.3, 0.4) is 0 Å². The molecule has 1 heterocycles. The van der Waals surface area contributed by atoms with Gasteiger partial charge in [0.05, 0.1) is 0 Å². The molecule has 1 aliphatic rings. The molecule has 1 N–H and O–H groups in total. The van der Waals surface area contributed by atoms with Gasteiger partial charge in [-0.3, -0.25) is 0 Å². The Morgan fingerprint density at radius 3 is 2.35 bits per heavy atom. The van der Waals surface area contributed by atoms with Gasteiger partial charge in [-0.1, -0.05) is 12.1 Å². The van der Waals surface area contributed by atoms with Gasteiger partial charge in [-0.25, -0.2) is 4.39 Å². The van der Waals surface area contributed by atoms with Gasteiger partial charge in [0.25, 0.3) is 0 Å². The summed E-state index contributed by atoms with van der Waals surface area (Å²) in [5.41, 5.74) is 1.32. The van der Waals surface area contributed by atoms with Crippen LogP contribution in [0.5, 0.6) is 17.2 Å². The highest BCUT2D eigenvalue weighted by atomic mass is 19.1. The molecule has 0 amide bonds. The van der Waals surface area contributed by atoms with Crippen LogP contribution in [0.15, 0.2) is 36.4 Å². The zero-order chi connectivity index (χ0) is 11.8. The molecule has 1 aliphatic heterocycles. The highest BCUT2D eigenvalue weighted by molar-refractivity contribution is 5.74. The first-order chi connectivity index (χ1) is 8.24. The topological polar surface area (TPSA) is 38.7 Å². The van der Waals surface area contributed by atoms with Crippen LogP contribution in [0.2, 0.25) is 0 Å². The first-order valence-corrected chi connectivity index (χ1v) is 5.12. The maximum absolute atomic E-state index is 12.8. The van der Waals surface area contributed by atoms with Crippen LogP contribution in [0.1, 0.15) is 0 Å². The molecule has 3 nitrogen and oxygen atoms in total. The number of ether oxygens (including phenoxy) is 2. The number of fused-ring (bicyclic) bond motifs is 1. The summed E-state index contributed by atoms with van der Waals surface area (Å²) in [6.45, 7) is 0.154. The molecule has 2 aromatic rings. The second kappa shape index (κ2) is 3.66. The lowest BCUT2D eigenvalue weighted by atomic mass is 10.0. The van der Waals surface area contributed by atoms with Crippen molar-refractivity contribution in [2.75, 3.05) is 6.79 Å². The third-order valence-corrected chi connectivity index (χ3v) is 2.65. The van der Waals surface area contributed by atoms with Crippen molar-refractivity contribution in [1.29, 1.82) is 0 Å². The third kappa shape index (κ3) is 1.67. The third-order valence-electron chi connectivity index (χ3n) is 2.65. The largest absolute Gasteiger partial charge is 0.507 e. The van der Waals surface area contributed by atoms with Gasteiger partial charge >= 0.3 is 0 Å². The molecular formula is C13H9FO3. The SMILES string of the molecule is Oc1cc2c(cc1-c1ccc(F)cc1)OCO2. The molecule has 0 bridgehead atoms. The summed E-state index contributed by atoms with van der Waals surface area (Å²) in [7, 11) is 0. The Balaban J connectivity index is 2.11. The smallest absolute Gasteiger partial charge is 0.231 e. The van der Waals surface area contributed by atoms with Crippen LogP contribution in [-0.4, -0.2) is 11.9 Å². The quantitative estimate of drug-likeness (QED) is 0.821. The van der Waals surface area contributed by atoms with E-state index in [1.165, 1.54) is 18.2 Å². The molecule has 17 heavy (non-hydrogen) atoms. The normalized spacial score (nSPS) is 12.8. The lowest BCUT2D eigenvalue weighted by molar-refractivity contribution is 0.174. The minimum absolute atomic E-state index is 0.0841. The molecule has 3 rings (SSSR count). The van der Waals surface area contributed by atoms with Crippen molar-refractivity contribution in [3.05, 3.63) is 42.2 Å². The predicted octanol–water partition coefficient (Wildman–Crippen LogP) is 2.93. The van der Waals surface area contributed by atoms with E-state index in [0.717, 1.165) is 5.56 Å². The second-order valence-electron chi connectivity index (χ2n) is 3.73. The van der Waals surface area contributed by atoms with Crippen molar-refractivity contribution in [2.45, 2.75) is 0 Å². The molecule has 0 aromatic heterocycles. The average molecular weight is 232 g/mol. The number of phenols is 1. The Hall–Kier alpha value is -2.23. The molecule has 2 aromatic carbocycles. The highest BCUT2D eigenvalue weighted by Crippen LogP contribution is 2.41. The second-order valence-corrected chi connectivity index (χ2v) is 3.73. The number of phenolic OH excluding ortho intramolecular Hbond substituents is 1. The Morgan fingerprint density at radius 2 is 1.65 bits per heavy atom. The number of hydrogen-bond donors (Lipinski definition) is 1. The van der Waals surface area contributed by atoms with Gasteiger partial charge < -0.3 is 14.6 Å². The van der Waals surface area contributed by atoms with Gasteiger partial charge in [-0.05, 0) is 23.8 Å². The van der Waals surface area contributed by atoms with Crippen molar-refractivity contribution < 1.29 is 19.0 Å². The van der Waals surface area contributed by atoms with E-state index in [4.69, 9.17) is 9.47 Å². The zero-order valence-corrected chi connectivity index (χ0v) is 8.81. The molecule has 0 radical (unpaired) electrons. The summed E-state index contributed by atoms with van der Waals surface area (Å²) in [6.07, 6.45) is 0. The maximum Gasteiger partial charge on any atom is 0.231 e. The summed E-state index contributed by atoms with van der Waals surface area (Å²) in [6, 6.07) is 9.09. The van der Waals surface area contributed by atoms with Crippen LogP contribution >= 0.6 is 0 Å². The van der Waals surface area contributed by atoms with Gasteiger partial charge in [0.15, 0.2) is 11.5 Å². The molecular weight excluding hydrogens is 223 g/mol. The average Bonchev–Trinajstić information content (AvgIpc) is 2.76. The predicted molar refractivity (Wildman–Crippen MR) is 59.6 cm³/mol. The van der Waals surface area contributed by atoms with Crippen molar-refractivity contribution in [1.82, 2.24) is 0 Å². The van der Waals surface area contributed by atoms with Gasteiger partial charge in [0.2, 0.25) is 6.79 Å².